The minimum absolute atomic E-state index is 0.508. The predicted octanol–water partition coefficient (Wildman–Crippen LogP) is 3.56. The maximum absolute atomic E-state index is 4.74. The summed E-state index contributed by atoms with van der Waals surface area (Å²) in [5.41, 5.74) is 2.98. The number of anilines is 1. The van der Waals surface area contributed by atoms with E-state index in [0.29, 0.717) is 11.8 Å². The third-order valence-electron chi connectivity index (χ3n) is 4.68. The van der Waals surface area contributed by atoms with E-state index in [-0.39, 0.29) is 0 Å². The van der Waals surface area contributed by atoms with Crippen LogP contribution >= 0.6 is 0 Å². The van der Waals surface area contributed by atoms with Gasteiger partial charge < -0.3 is 4.90 Å². The molecule has 0 bridgehead atoms. The fraction of sp³-hybridized carbons (Fsp3) is 0.300. The molecule has 0 radical (unpaired) electrons. The van der Waals surface area contributed by atoms with Crippen molar-refractivity contribution >= 4 is 5.95 Å². The molecule has 0 saturated carbocycles. The Hall–Kier alpha value is -2.82. The number of nitrogens with zero attached hydrogens (tertiary/aromatic N) is 5. The van der Waals surface area contributed by atoms with Crippen molar-refractivity contribution in [2.75, 3.05) is 18.0 Å². The largest absolute Gasteiger partial charge is 0.340 e. The Kier molecular flexibility index (Phi) is 4.37. The highest BCUT2D eigenvalue weighted by molar-refractivity contribution is 5.54. The molecular weight excluding hydrogens is 310 g/mol. The van der Waals surface area contributed by atoms with Crippen LogP contribution in [0.5, 0.6) is 0 Å². The highest BCUT2D eigenvalue weighted by Crippen LogP contribution is 2.31. The molecule has 0 N–H and O–H groups in total. The van der Waals surface area contributed by atoms with Crippen LogP contribution in [0.3, 0.4) is 0 Å². The van der Waals surface area contributed by atoms with Crippen LogP contribution in [0.2, 0.25) is 0 Å². The lowest BCUT2D eigenvalue weighted by Gasteiger charge is -2.36. The van der Waals surface area contributed by atoms with Crippen LogP contribution in [0.4, 0.5) is 5.95 Å². The summed E-state index contributed by atoms with van der Waals surface area (Å²) in [6.07, 6.45) is 8.10. The van der Waals surface area contributed by atoms with E-state index in [1.807, 2.05) is 12.3 Å². The second-order valence-corrected chi connectivity index (χ2v) is 6.69. The maximum Gasteiger partial charge on any atom is 0.225 e. The second kappa shape index (κ2) is 6.97. The first-order valence-electron chi connectivity index (χ1n) is 8.69. The normalized spacial score (nSPS) is 20.4. The Morgan fingerprint density at radius 3 is 2.60 bits per heavy atom. The van der Waals surface area contributed by atoms with Gasteiger partial charge in [-0.2, -0.15) is 0 Å². The Morgan fingerprint density at radius 1 is 0.920 bits per heavy atom. The van der Waals surface area contributed by atoms with E-state index in [0.717, 1.165) is 30.4 Å². The first-order chi connectivity index (χ1) is 12.3. The van der Waals surface area contributed by atoms with Crippen molar-refractivity contribution in [1.82, 2.24) is 19.9 Å². The number of hydrogen-bond donors (Lipinski definition) is 0. The number of aromatic nitrogens is 4. The molecule has 5 heteroatoms. The minimum Gasteiger partial charge on any atom is -0.340 e. The van der Waals surface area contributed by atoms with Gasteiger partial charge in [0.05, 0.1) is 11.9 Å². The molecule has 4 rings (SSSR count). The van der Waals surface area contributed by atoms with Gasteiger partial charge in [-0.1, -0.05) is 37.3 Å². The molecular formula is C20H21N5. The van der Waals surface area contributed by atoms with Crippen molar-refractivity contribution in [3.05, 3.63) is 66.7 Å². The third kappa shape index (κ3) is 3.50. The lowest BCUT2D eigenvalue weighted by atomic mass is 9.85. The first-order valence-corrected chi connectivity index (χ1v) is 8.69. The van der Waals surface area contributed by atoms with E-state index in [1.54, 1.807) is 18.6 Å². The summed E-state index contributed by atoms with van der Waals surface area (Å²) in [5.74, 6) is 1.88. The summed E-state index contributed by atoms with van der Waals surface area (Å²) in [6, 6.07) is 12.6. The van der Waals surface area contributed by atoms with Crippen molar-refractivity contribution in [3.63, 3.8) is 0 Å². The van der Waals surface area contributed by atoms with Crippen LogP contribution in [-0.2, 0) is 0 Å². The Bertz CT molecular complexity index is 822. The number of hydrogen-bond acceptors (Lipinski definition) is 5. The molecule has 1 saturated heterocycles. The molecule has 25 heavy (non-hydrogen) atoms. The van der Waals surface area contributed by atoms with Gasteiger partial charge in [-0.15, -0.1) is 0 Å². The standard InChI is InChI=1S/C20H21N5/c1-15-11-17(16-5-3-2-4-6-16)14-25(13-15)20-23-8-7-18(24-20)19-12-21-9-10-22-19/h2-10,12,15,17H,11,13-14H2,1H3. The molecule has 0 aliphatic carbocycles. The van der Waals surface area contributed by atoms with E-state index in [9.17, 15) is 0 Å². The van der Waals surface area contributed by atoms with E-state index in [1.165, 1.54) is 12.0 Å². The second-order valence-electron chi connectivity index (χ2n) is 6.69. The van der Waals surface area contributed by atoms with Gasteiger partial charge in [-0.05, 0) is 24.0 Å². The van der Waals surface area contributed by atoms with E-state index >= 15 is 0 Å². The number of piperidine rings is 1. The SMILES string of the molecule is CC1CC(c2ccccc2)CN(c2nccc(-c3cnccn3)n2)C1. The van der Waals surface area contributed by atoms with Crippen LogP contribution in [0.15, 0.2) is 61.2 Å². The van der Waals surface area contributed by atoms with Crippen LogP contribution < -0.4 is 4.90 Å². The molecule has 2 atom stereocenters. The molecule has 2 aromatic heterocycles. The van der Waals surface area contributed by atoms with Gasteiger partial charge in [-0.25, -0.2) is 9.97 Å². The quantitative estimate of drug-likeness (QED) is 0.734. The highest BCUT2D eigenvalue weighted by atomic mass is 15.3. The van der Waals surface area contributed by atoms with E-state index in [2.05, 4.69) is 57.1 Å². The zero-order valence-electron chi connectivity index (χ0n) is 14.3. The van der Waals surface area contributed by atoms with Crippen molar-refractivity contribution in [3.8, 4) is 11.4 Å². The summed E-state index contributed by atoms with van der Waals surface area (Å²) in [7, 11) is 0. The van der Waals surface area contributed by atoms with Crippen molar-refractivity contribution in [2.24, 2.45) is 5.92 Å². The Morgan fingerprint density at radius 2 is 1.80 bits per heavy atom. The molecule has 0 spiro atoms. The van der Waals surface area contributed by atoms with Gasteiger partial charge in [0.15, 0.2) is 0 Å². The summed E-state index contributed by atoms with van der Waals surface area (Å²) in [6.45, 7) is 4.22. The monoisotopic (exact) mass is 331 g/mol. The molecule has 3 aromatic rings. The van der Waals surface area contributed by atoms with Crippen molar-refractivity contribution in [2.45, 2.75) is 19.3 Å². The average Bonchev–Trinajstić information content (AvgIpc) is 2.69. The van der Waals surface area contributed by atoms with E-state index < -0.39 is 0 Å². The predicted molar refractivity (Wildman–Crippen MR) is 98.2 cm³/mol. The van der Waals surface area contributed by atoms with Crippen LogP contribution in [0.25, 0.3) is 11.4 Å². The number of benzene rings is 1. The third-order valence-corrected chi connectivity index (χ3v) is 4.68. The van der Waals surface area contributed by atoms with Gasteiger partial charge in [0.2, 0.25) is 5.95 Å². The molecule has 3 heterocycles. The first kappa shape index (κ1) is 15.7. The Balaban J connectivity index is 1.61. The molecule has 5 nitrogen and oxygen atoms in total. The van der Waals surface area contributed by atoms with Crippen LogP contribution in [0.1, 0.15) is 24.8 Å². The van der Waals surface area contributed by atoms with Crippen LogP contribution in [-0.4, -0.2) is 33.0 Å². The summed E-state index contributed by atoms with van der Waals surface area (Å²) in [5, 5.41) is 0. The van der Waals surface area contributed by atoms with Gasteiger partial charge in [0, 0.05) is 37.6 Å². The topological polar surface area (TPSA) is 54.8 Å². The zero-order chi connectivity index (χ0) is 17.1. The van der Waals surface area contributed by atoms with Crippen LogP contribution in [0, 0.1) is 5.92 Å². The van der Waals surface area contributed by atoms with Gasteiger partial charge in [-0.3, -0.25) is 9.97 Å². The number of rotatable bonds is 3. The van der Waals surface area contributed by atoms with E-state index in [4.69, 9.17) is 4.98 Å². The lowest BCUT2D eigenvalue weighted by molar-refractivity contribution is 0.398. The molecule has 126 valence electrons. The summed E-state index contributed by atoms with van der Waals surface area (Å²) >= 11 is 0. The molecule has 1 aliphatic heterocycles. The van der Waals surface area contributed by atoms with Gasteiger partial charge >= 0.3 is 0 Å². The van der Waals surface area contributed by atoms with Crippen molar-refractivity contribution < 1.29 is 0 Å². The molecule has 1 aliphatic rings. The van der Waals surface area contributed by atoms with Crippen molar-refractivity contribution in [1.29, 1.82) is 0 Å². The van der Waals surface area contributed by atoms with Gasteiger partial charge in [0.25, 0.3) is 0 Å². The zero-order valence-corrected chi connectivity index (χ0v) is 14.3. The summed E-state index contributed by atoms with van der Waals surface area (Å²) < 4.78 is 0. The molecule has 2 unspecified atom stereocenters. The average molecular weight is 331 g/mol. The molecule has 1 aromatic carbocycles. The highest BCUT2D eigenvalue weighted by Gasteiger charge is 2.27. The molecule has 1 fully saturated rings. The Labute approximate surface area is 147 Å². The minimum atomic E-state index is 0.508. The fourth-order valence-electron chi connectivity index (χ4n) is 3.56. The smallest absolute Gasteiger partial charge is 0.225 e. The fourth-order valence-corrected chi connectivity index (χ4v) is 3.56. The molecule has 0 amide bonds. The summed E-state index contributed by atoms with van der Waals surface area (Å²) in [4.78, 5) is 20.0. The van der Waals surface area contributed by atoms with Gasteiger partial charge in [0.1, 0.15) is 5.69 Å². The maximum atomic E-state index is 4.74. The lowest BCUT2D eigenvalue weighted by Crippen LogP contribution is -2.39.